The lowest BCUT2D eigenvalue weighted by molar-refractivity contribution is 0.144. The minimum Gasteiger partial charge on any atom is -0.497 e. The van der Waals surface area contributed by atoms with Gasteiger partial charge in [0.05, 0.1) is 32.1 Å². The summed E-state index contributed by atoms with van der Waals surface area (Å²) in [5.74, 6) is 1.13. The zero-order valence-corrected chi connectivity index (χ0v) is 13.6. The Labute approximate surface area is 140 Å². The van der Waals surface area contributed by atoms with Gasteiger partial charge in [0.1, 0.15) is 11.5 Å². The molecule has 0 fully saturated rings. The molecule has 6 heteroatoms. The van der Waals surface area contributed by atoms with Crippen molar-refractivity contribution in [2.75, 3.05) is 19.5 Å². The summed E-state index contributed by atoms with van der Waals surface area (Å²) in [4.78, 5) is 12.3. The number of aliphatic hydroxyl groups excluding tert-OH is 1. The monoisotopic (exact) mass is 328 g/mol. The number of amides is 2. The van der Waals surface area contributed by atoms with Gasteiger partial charge < -0.3 is 25.2 Å². The van der Waals surface area contributed by atoms with Gasteiger partial charge in [-0.15, -0.1) is 0 Å². The molecule has 0 heterocycles. The molecule has 2 aromatic carbocycles. The van der Waals surface area contributed by atoms with Crippen molar-refractivity contribution in [3.63, 3.8) is 0 Å². The summed E-state index contributed by atoms with van der Waals surface area (Å²) in [6, 6.07) is 12.0. The maximum absolute atomic E-state index is 12.3. The molecule has 0 saturated heterocycles. The van der Waals surface area contributed by atoms with Crippen LogP contribution >= 0.6 is 0 Å². The summed E-state index contributed by atoms with van der Waals surface area (Å²) >= 11 is 0. The van der Waals surface area contributed by atoms with Gasteiger partial charge in [0.2, 0.25) is 0 Å². The highest BCUT2D eigenvalue weighted by Crippen LogP contribution is 2.32. The summed E-state index contributed by atoms with van der Waals surface area (Å²) in [6.07, 6.45) is -0.0987. The molecule has 0 aliphatic heterocycles. The number of fused-ring (bicyclic) bond motifs is 1. The first kappa shape index (κ1) is 16.1. The Morgan fingerprint density at radius 3 is 2.71 bits per heavy atom. The Hall–Kier alpha value is -2.73. The molecule has 0 bridgehead atoms. The standard InChI is InChI=1S/C18H20N2O4/c1-23-12-7-8-14(16(10-12)24-2)19-18(22)20-17-13-6-4-3-5-11(13)9-15(17)21/h3-8,10,15,17,21H,9H2,1-2H3,(H2,19,20,22)/t15-,17+/m1/s1. The fourth-order valence-corrected chi connectivity index (χ4v) is 2.95. The summed E-state index contributed by atoms with van der Waals surface area (Å²) in [6.45, 7) is 0. The molecule has 3 N–H and O–H groups in total. The van der Waals surface area contributed by atoms with Crippen LogP contribution in [-0.2, 0) is 6.42 Å². The van der Waals surface area contributed by atoms with Crippen LogP contribution in [0.4, 0.5) is 10.5 Å². The number of hydrogen-bond donors (Lipinski definition) is 3. The largest absolute Gasteiger partial charge is 0.497 e. The Morgan fingerprint density at radius 2 is 1.96 bits per heavy atom. The number of carbonyl (C=O) groups excluding carboxylic acids is 1. The van der Waals surface area contributed by atoms with E-state index < -0.39 is 18.2 Å². The van der Waals surface area contributed by atoms with E-state index in [1.807, 2.05) is 24.3 Å². The van der Waals surface area contributed by atoms with Crippen LogP contribution in [0.25, 0.3) is 0 Å². The van der Waals surface area contributed by atoms with E-state index in [0.717, 1.165) is 11.1 Å². The first-order valence-electron chi connectivity index (χ1n) is 7.67. The van der Waals surface area contributed by atoms with Crippen molar-refractivity contribution in [3.05, 3.63) is 53.6 Å². The van der Waals surface area contributed by atoms with Crippen molar-refractivity contribution >= 4 is 11.7 Å². The number of hydrogen-bond acceptors (Lipinski definition) is 4. The molecule has 6 nitrogen and oxygen atoms in total. The second kappa shape index (κ2) is 6.80. The Balaban J connectivity index is 1.73. The number of methoxy groups -OCH3 is 2. The average Bonchev–Trinajstić information content (AvgIpc) is 2.91. The number of aliphatic hydroxyl groups is 1. The molecule has 2 amide bonds. The van der Waals surface area contributed by atoms with Gasteiger partial charge in [0.15, 0.2) is 0 Å². The van der Waals surface area contributed by atoms with Gasteiger partial charge in [-0.1, -0.05) is 24.3 Å². The van der Waals surface area contributed by atoms with E-state index in [1.165, 1.54) is 7.11 Å². The van der Waals surface area contributed by atoms with Gasteiger partial charge in [0.25, 0.3) is 0 Å². The Bertz CT molecular complexity index is 748. The molecule has 0 spiro atoms. The molecule has 2 aromatic rings. The Morgan fingerprint density at radius 1 is 1.17 bits per heavy atom. The van der Waals surface area contributed by atoms with Crippen molar-refractivity contribution in [2.45, 2.75) is 18.6 Å². The minimum atomic E-state index is -0.633. The van der Waals surface area contributed by atoms with E-state index in [0.29, 0.717) is 23.6 Å². The summed E-state index contributed by atoms with van der Waals surface area (Å²) in [5.41, 5.74) is 2.52. The van der Waals surface area contributed by atoms with Crippen LogP contribution in [0.1, 0.15) is 17.2 Å². The third kappa shape index (κ3) is 3.14. The van der Waals surface area contributed by atoms with Gasteiger partial charge in [-0.25, -0.2) is 4.79 Å². The molecule has 1 aliphatic carbocycles. The van der Waals surface area contributed by atoms with E-state index in [4.69, 9.17) is 9.47 Å². The normalized spacial score (nSPS) is 18.6. The zero-order chi connectivity index (χ0) is 17.1. The quantitative estimate of drug-likeness (QED) is 0.805. The van der Waals surface area contributed by atoms with Crippen LogP contribution in [0.15, 0.2) is 42.5 Å². The van der Waals surface area contributed by atoms with Crippen molar-refractivity contribution < 1.29 is 19.4 Å². The topological polar surface area (TPSA) is 79.8 Å². The van der Waals surface area contributed by atoms with Gasteiger partial charge in [-0.05, 0) is 23.3 Å². The molecular formula is C18H20N2O4. The van der Waals surface area contributed by atoms with Crippen molar-refractivity contribution in [3.8, 4) is 11.5 Å². The first-order chi connectivity index (χ1) is 11.6. The Kier molecular flexibility index (Phi) is 4.57. The van der Waals surface area contributed by atoms with Crippen LogP contribution in [0.2, 0.25) is 0 Å². The lowest BCUT2D eigenvalue weighted by Crippen LogP contribution is -2.36. The van der Waals surface area contributed by atoms with E-state index in [9.17, 15) is 9.90 Å². The smallest absolute Gasteiger partial charge is 0.319 e. The van der Waals surface area contributed by atoms with Crippen molar-refractivity contribution in [1.82, 2.24) is 5.32 Å². The molecule has 0 aromatic heterocycles. The number of rotatable bonds is 4. The van der Waals surface area contributed by atoms with Crippen LogP contribution in [0, 0.1) is 0 Å². The van der Waals surface area contributed by atoms with E-state index in [-0.39, 0.29) is 0 Å². The molecule has 126 valence electrons. The van der Waals surface area contributed by atoms with Gasteiger partial charge in [-0.2, -0.15) is 0 Å². The predicted molar refractivity (Wildman–Crippen MR) is 90.6 cm³/mol. The lowest BCUT2D eigenvalue weighted by atomic mass is 10.1. The van der Waals surface area contributed by atoms with E-state index >= 15 is 0 Å². The van der Waals surface area contributed by atoms with Crippen LogP contribution in [0.5, 0.6) is 11.5 Å². The van der Waals surface area contributed by atoms with Crippen LogP contribution in [0.3, 0.4) is 0 Å². The fraction of sp³-hybridized carbons (Fsp3) is 0.278. The number of urea groups is 1. The molecule has 0 unspecified atom stereocenters. The van der Waals surface area contributed by atoms with Gasteiger partial charge in [-0.3, -0.25) is 0 Å². The molecule has 3 rings (SSSR count). The highest BCUT2D eigenvalue weighted by Gasteiger charge is 2.31. The third-order valence-corrected chi connectivity index (χ3v) is 4.15. The second-order valence-electron chi connectivity index (χ2n) is 5.61. The second-order valence-corrected chi connectivity index (χ2v) is 5.61. The SMILES string of the molecule is COc1ccc(NC(=O)N[C@H]2c3ccccc3C[C@H]2O)c(OC)c1. The molecular weight excluding hydrogens is 308 g/mol. The van der Waals surface area contributed by atoms with Crippen LogP contribution in [-0.4, -0.2) is 31.5 Å². The number of anilines is 1. The fourth-order valence-electron chi connectivity index (χ4n) is 2.95. The average molecular weight is 328 g/mol. The highest BCUT2D eigenvalue weighted by molar-refractivity contribution is 5.91. The summed E-state index contributed by atoms with van der Waals surface area (Å²) in [7, 11) is 3.09. The lowest BCUT2D eigenvalue weighted by Gasteiger charge is -2.19. The third-order valence-electron chi connectivity index (χ3n) is 4.15. The predicted octanol–water partition coefficient (Wildman–Crippen LogP) is 2.48. The highest BCUT2D eigenvalue weighted by atomic mass is 16.5. The summed E-state index contributed by atoms with van der Waals surface area (Å²) < 4.78 is 10.4. The number of nitrogens with one attached hydrogen (secondary N) is 2. The van der Waals surface area contributed by atoms with Gasteiger partial charge in [0, 0.05) is 12.5 Å². The van der Waals surface area contributed by atoms with E-state index in [2.05, 4.69) is 10.6 Å². The molecule has 24 heavy (non-hydrogen) atoms. The molecule has 2 atom stereocenters. The number of benzene rings is 2. The van der Waals surface area contributed by atoms with E-state index in [1.54, 1.807) is 25.3 Å². The van der Waals surface area contributed by atoms with Crippen molar-refractivity contribution in [2.24, 2.45) is 0 Å². The molecule has 0 saturated carbocycles. The molecule has 1 aliphatic rings. The zero-order valence-electron chi connectivity index (χ0n) is 13.6. The first-order valence-corrected chi connectivity index (χ1v) is 7.67. The molecule has 0 radical (unpaired) electrons. The maximum atomic E-state index is 12.3. The number of ether oxygens (including phenoxy) is 2. The van der Waals surface area contributed by atoms with Crippen molar-refractivity contribution in [1.29, 1.82) is 0 Å². The maximum Gasteiger partial charge on any atom is 0.319 e. The van der Waals surface area contributed by atoms with Gasteiger partial charge >= 0.3 is 6.03 Å². The van der Waals surface area contributed by atoms with Crippen LogP contribution < -0.4 is 20.1 Å². The minimum absolute atomic E-state index is 0.404. The number of carbonyl (C=O) groups is 1. The summed E-state index contributed by atoms with van der Waals surface area (Å²) in [5, 5.41) is 15.8.